The molecule has 0 amide bonds. The second-order valence-electron chi connectivity index (χ2n) is 7.75. The van der Waals surface area contributed by atoms with Crippen molar-refractivity contribution in [2.24, 2.45) is 0 Å². The Morgan fingerprint density at radius 1 is 1.21 bits per heavy atom. The standard InChI is InChI=1S/C23H30N2O3/c1-17-10-19-11-22(26-2)20(12-23(19)28-17)13-24-14-21-16-25(8-9-27-21)15-18-6-4-3-5-7-18/h3-7,11-12,17,21,24H,8-10,13-16H2,1-2H3/t17-,21-/m0/s1. The van der Waals surface area contributed by atoms with Crippen molar-refractivity contribution < 1.29 is 14.2 Å². The molecule has 2 aromatic carbocycles. The maximum atomic E-state index is 5.97. The third kappa shape index (κ3) is 4.66. The van der Waals surface area contributed by atoms with Gasteiger partial charge in [0.05, 0.1) is 19.8 Å². The predicted octanol–water partition coefficient (Wildman–Crippen LogP) is 3.01. The Morgan fingerprint density at radius 3 is 2.89 bits per heavy atom. The molecule has 150 valence electrons. The van der Waals surface area contributed by atoms with Gasteiger partial charge in [-0.15, -0.1) is 0 Å². The fraction of sp³-hybridized carbons (Fsp3) is 0.478. The number of hydrogen-bond acceptors (Lipinski definition) is 5. The molecule has 0 spiro atoms. The Bertz CT molecular complexity index is 781. The van der Waals surface area contributed by atoms with E-state index in [2.05, 4.69) is 59.6 Å². The zero-order valence-electron chi connectivity index (χ0n) is 16.8. The van der Waals surface area contributed by atoms with E-state index >= 15 is 0 Å². The molecule has 1 fully saturated rings. The van der Waals surface area contributed by atoms with Gasteiger partial charge in [0.25, 0.3) is 0 Å². The number of hydrogen-bond donors (Lipinski definition) is 1. The Morgan fingerprint density at radius 2 is 2.07 bits per heavy atom. The van der Waals surface area contributed by atoms with Gasteiger partial charge in [0.1, 0.15) is 17.6 Å². The highest BCUT2D eigenvalue weighted by Crippen LogP contribution is 2.34. The topological polar surface area (TPSA) is 43.0 Å². The summed E-state index contributed by atoms with van der Waals surface area (Å²) in [5, 5.41) is 3.55. The summed E-state index contributed by atoms with van der Waals surface area (Å²) >= 11 is 0. The molecule has 1 N–H and O–H groups in total. The van der Waals surface area contributed by atoms with E-state index in [1.54, 1.807) is 7.11 Å². The minimum Gasteiger partial charge on any atom is -0.496 e. The van der Waals surface area contributed by atoms with E-state index < -0.39 is 0 Å². The van der Waals surface area contributed by atoms with Gasteiger partial charge in [-0.3, -0.25) is 4.90 Å². The fourth-order valence-electron chi connectivity index (χ4n) is 4.07. The van der Waals surface area contributed by atoms with Crippen molar-refractivity contribution in [3.05, 3.63) is 59.2 Å². The van der Waals surface area contributed by atoms with E-state index in [0.717, 1.165) is 62.8 Å². The SMILES string of the molecule is COc1cc2c(cc1CNC[C@H]1CN(Cc3ccccc3)CCO1)O[C@@H](C)C2. The van der Waals surface area contributed by atoms with Crippen molar-refractivity contribution in [2.75, 3.05) is 33.4 Å². The van der Waals surface area contributed by atoms with Crippen LogP contribution in [0.2, 0.25) is 0 Å². The van der Waals surface area contributed by atoms with Crippen molar-refractivity contribution in [2.45, 2.75) is 38.6 Å². The highest BCUT2D eigenvalue weighted by Gasteiger charge is 2.23. The third-order valence-electron chi connectivity index (χ3n) is 5.46. The molecule has 0 saturated carbocycles. The zero-order valence-corrected chi connectivity index (χ0v) is 16.8. The monoisotopic (exact) mass is 382 g/mol. The number of rotatable bonds is 7. The number of morpholine rings is 1. The number of nitrogens with zero attached hydrogens (tertiary/aromatic N) is 1. The molecule has 28 heavy (non-hydrogen) atoms. The molecular weight excluding hydrogens is 352 g/mol. The minimum atomic E-state index is 0.203. The number of fused-ring (bicyclic) bond motifs is 1. The van der Waals surface area contributed by atoms with Gasteiger partial charge < -0.3 is 19.5 Å². The largest absolute Gasteiger partial charge is 0.496 e. The zero-order chi connectivity index (χ0) is 19.3. The number of methoxy groups -OCH3 is 1. The van der Waals surface area contributed by atoms with Crippen LogP contribution in [-0.2, 0) is 24.2 Å². The summed E-state index contributed by atoms with van der Waals surface area (Å²) in [7, 11) is 1.73. The lowest BCUT2D eigenvalue weighted by Crippen LogP contribution is -2.46. The van der Waals surface area contributed by atoms with Gasteiger partial charge >= 0.3 is 0 Å². The Kier molecular flexibility index (Phi) is 6.15. The highest BCUT2D eigenvalue weighted by molar-refractivity contribution is 5.48. The molecule has 0 unspecified atom stereocenters. The van der Waals surface area contributed by atoms with E-state index in [1.807, 2.05) is 0 Å². The Balaban J connectivity index is 1.30. The maximum absolute atomic E-state index is 5.97. The Hall–Kier alpha value is -2.08. The van der Waals surface area contributed by atoms with Crippen LogP contribution in [0.3, 0.4) is 0 Å². The lowest BCUT2D eigenvalue weighted by Gasteiger charge is -2.33. The van der Waals surface area contributed by atoms with E-state index in [0.29, 0.717) is 0 Å². The summed E-state index contributed by atoms with van der Waals surface area (Å²) in [6, 6.07) is 14.9. The summed E-state index contributed by atoms with van der Waals surface area (Å²) in [5.41, 5.74) is 3.72. The van der Waals surface area contributed by atoms with Crippen LogP contribution in [0, 0.1) is 0 Å². The van der Waals surface area contributed by atoms with E-state index in [1.165, 1.54) is 11.1 Å². The van der Waals surface area contributed by atoms with Crippen LogP contribution in [0.1, 0.15) is 23.6 Å². The number of benzene rings is 2. The molecule has 5 heteroatoms. The average molecular weight is 383 g/mol. The first-order valence-electron chi connectivity index (χ1n) is 10.2. The first kappa shape index (κ1) is 19.2. The van der Waals surface area contributed by atoms with E-state index in [9.17, 15) is 0 Å². The van der Waals surface area contributed by atoms with Crippen LogP contribution >= 0.6 is 0 Å². The van der Waals surface area contributed by atoms with Gasteiger partial charge in [-0.2, -0.15) is 0 Å². The van der Waals surface area contributed by atoms with Gasteiger partial charge in [0.15, 0.2) is 0 Å². The van der Waals surface area contributed by atoms with Gasteiger partial charge in [0.2, 0.25) is 0 Å². The molecule has 0 aromatic heterocycles. The van der Waals surface area contributed by atoms with Gasteiger partial charge in [-0.25, -0.2) is 0 Å². The second kappa shape index (κ2) is 8.95. The average Bonchev–Trinajstić information content (AvgIpc) is 3.07. The summed E-state index contributed by atoms with van der Waals surface area (Å²) in [5.74, 6) is 1.92. The van der Waals surface area contributed by atoms with Crippen molar-refractivity contribution in [1.29, 1.82) is 0 Å². The molecular formula is C23H30N2O3. The third-order valence-corrected chi connectivity index (χ3v) is 5.46. The molecule has 4 rings (SSSR count). The number of nitrogens with one attached hydrogen (secondary N) is 1. The van der Waals surface area contributed by atoms with E-state index in [-0.39, 0.29) is 12.2 Å². The van der Waals surface area contributed by atoms with Crippen LogP contribution < -0.4 is 14.8 Å². The van der Waals surface area contributed by atoms with Crippen molar-refractivity contribution >= 4 is 0 Å². The second-order valence-corrected chi connectivity index (χ2v) is 7.75. The summed E-state index contributed by atoms with van der Waals surface area (Å²) < 4.78 is 17.5. The molecule has 0 aliphatic carbocycles. The number of ether oxygens (including phenoxy) is 3. The minimum absolute atomic E-state index is 0.203. The quantitative estimate of drug-likeness (QED) is 0.797. The van der Waals surface area contributed by atoms with Crippen LogP contribution in [-0.4, -0.2) is 50.5 Å². The van der Waals surface area contributed by atoms with Crippen LogP contribution in [0.5, 0.6) is 11.5 Å². The van der Waals surface area contributed by atoms with Gasteiger partial charge in [0, 0.05) is 50.3 Å². The Labute approximate surface area is 167 Å². The fourth-order valence-corrected chi connectivity index (χ4v) is 4.07. The first-order chi connectivity index (χ1) is 13.7. The lowest BCUT2D eigenvalue weighted by atomic mass is 10.1. The maximum Gasteiger partial charge on any atom is 0.123 e. The molecule has 2 aliphatic rings. The molecule has 2 heterocycles. The molecule has 5 nitrogen and oxygen atoms in total. The van der Waals surface area contributed by atoms with Crippen LogP contribution in [0.25, 0.3) is 0 Å². The van der Waals surface area contributed by atoms with Crippen molar-refractivity contribution in [3.8, 4) is 11.5 Å². The predicted molar refractivity (Wildman–Crippen MR) is 110 cm³/mol. The molecule has 2 aromatic rings. The molecule has 1 saturated heterocycles. The lowest BCUT2D eigenvalue weighted by molar-refractivity contribution is -0.0300. The van der Waals surface area contributed by atoms with Gasteiger partial charge in [-0.1, -0.05) is 30.3 Å². The first-order valence-corrected chi connectivity index (χ1v) is 10.2. The molecule has 0 bridgehead atoms. The summed E-state index contributed by atoms with van der Waals surface area (Å²) in [6.45, 7) is 7.37. The van der Waals surface area contributed by atoms with Crippen molar-refractivity contribution in [1.82, 2.24) is 10.2 Å². The summed E-state index contributed by atoms with van der Waals surface area (Å²) in [6.07, 6.45) is 1.40. The highest BCUT2D eigenvalue weighted by atomic mass is 16.5. The van der Waals surface area contributed by atoms with Crippen LogP contribution in [0.15, 0.2) is 42.5 Å². The molecule has 2 atom stereocenters. The summed E-state index contributed by atoms with van der Waals surface area (Å²) in [4.78, 5) is 2.47. The van der Waals surface area contributed by atoms with Crippen molar-refractivity contribution in [3.63, 3.8) is 0 Å². The molecule has 2 aliphatic heterocycles. The normalized spacial score (nSPS) is 21.9. The molecule has 0 radical (unpaired) electrons. The smallest absolute Gasteiger partial charge is 0.123 e. The van der Waals surface area contributed by atoms with Crippen LogP contribution in [0.4, 0.5) is 0 Å². The van der Waals surface area contributed by atoms with E-state index in [4.69, 9.17) is 14.2 Å². The van der Waals surface area contributed by atoms with Gasteiger partial charge in [-0.05, 0) is 24.6 Å².